The Hall–Kier alpha value is -1.25. The highest BCUT2D eigenvalue weighted by atomic mass is 19.1. The quantitative estimate of drug-likeness (QED) is 0.723. The molecule has 86 valence electrons. The maximum absolute atomic E-state index is 13.5. The van der Waals surface area contributed by atoms with Crippen LogP contribution < -0.4 is 10.2 Å². The third-order valence-corrected chi connectivity index (χ3v) is 3.97. The van der Waals surface area contributed by atoms with Gasteiger partial charge in [0.25, 0.3) is 0 Å². The van der Waals surface area contributed by atoms with E-state index in [0.717, 1.165) is 30.3 Å². The summed E-state index contributed by atoms with van der Waals surface area (Å²) < 4.78 is 13.5. The van der Waals surface area contributed by atoms with Gasteiger partial charge in [-0.3, -0.25) is 0 Å². The molecule has 1 fully saturated rings. The van der Waals surface area contributed by atoms with Gasteiger partial charge in [0.15, 0.2) is 0 Å². The molecule has 1 aromatic carbocycles. The Morgan fingerprint density at radius 1 is 1.44 bits per heavy atom. The number of nitrogens with one attached hydrogen (secondary N) is 1. The van der Waals surface area contributed by atoms with Gasteiger partial charge >= 0.3 is 0 Å². The topological polar surface area (TPSA) is 15.3 Å². The summed E-state index contributed by atoms with van der Waals surface area (Å²) in [5.41, 5.74) is 2.87. The minimum Gasteiger partial charge on any atom is -0.381 e. The Morgan fingerprint density at radius 2 is 2.25 bits per heavy atom. The van der Waals surface area contributed by atoms with Gasteiger partial charge in [0.2, 0.25) is 0 Å². The summed E-state index contributed by atoms with van der Waals surface area (Å²) in [7, 11) is 0. The van der Waals surface area contributed by atoms with Gasteiger partial charge in [-0.15, -0.1) is 0 Å². The molecule has 2 unspecified atom stereocenters. The highest BCUT2D eigenvalue weighted by Crippen LogP contribution is 2.39. The molecule has 2 atom stereocenters. The van der Waals surface area contributed by atoms with Crippen LogP contribution in [-0.2, 0) is 0 Å². The van der Waals surface area contributed by atoms with Crippen LogP contribution in [0.3, 0.4) is 0 Å². The van der Waals surface area contributed by atoms with Crippen molar-refractivity contribution >= 4 is 11.4 Å². The molecule has 2 nitrogen and oxygen atoms in total. The Morgan fingerprint density at radius 3 is 3.06 bits per heavy atom. The van der Waals surface area contributed by atoms with E-state index in [-0.39, 0.29) is 5.82 Å². The third kappa shape index (κ3) is 1.30. The van der Waals surface area contributed by atoms with E-state index in [1.54, 1.807) is 6.07 Å². The lowest BCUT2D eigenvalue weighted by molar-refractivity contribution is 0.523. The molecule has 0 radical (unpaired) electrons. The predicted octanol–water partition coefficient (Wildman–Crippen LogP) is 2.77. The van der Waals surface area contributed by atoms with E-state index in [2.05, 4.69) is 17.1 Å². The maximum atomic E-state index is 13.5. The van der Waals surface area contributed by atoms with Crippen LogP contribution in [0.5, 0.6) is 0 Å². The Kier molecular flexibility index (Phi) is 2.09. The molecule has 1 saturated heterocycles. The maximum Gasteiger partial charge on any atom is 0.128 e. The second-order valence-corrected chi connectivity index (χ2v) is 5.03. The van der Waals surface area contributed by atoms with Crippen LogP contribution in [0.2, 0.25) is 0 Å². The predicted molar refractivity (Wildman–Crippen MR) is 64.5 cm³/mol. The van der Waals surface area contributed by atoms with E-state index in [9.17, 15) is 4.39 Å². The van der Waals surface area contributed by atoms with Crippen LogP contribution in [0.1, 0.15) is 18.9 Å². The van der Waals surface area contributed by atoms with Crippen LogP contribution >= 0.6 is 0 Å². The lowest BCUT2D eigenvalue weighted by atomic mass is 10.0. The summed E-state index contributed by atoms with van der Waals surface area (Å²) in [6.07, 6.45) is 1.24. The number of rotatable bonds is 0. The highest BCUT2D eigenvalue weighted by Gasteiger charge is 2.35. The largest absolute Gasteiger partial charge is 0.381 e. The lowest BCUT2D eigenvalue weighted by Gasteiger charge is -2.36. The molecular formula is C13H17FN2. The van der Waals surface area contributed by atoms with Gasteiger partial charge in [-0.25, -0.2) is 4.39 Å². The van der Waals surface area contributed by atoms with Crippen LogP contribution in [-0.4, -0.2) is 19.1 Å². The third-order valence-electron chi connectivity index (χ3n) is 3.97. The van der Waals surface area contributed by atoms with Gasteiger partial charge in [-0.2, -0.15) is 0 Å². The fourth-order valence-corrected chi connectivity index (χ4v) is 2.88. The molecule has 2 aliphatic rings. The van der Waals surface area contributed by atoms with Crippen LogP contribution in [0.15, 0.2) is 12.1 Å². The van der Waals surface area contributed by atoms with Gasteiger partial charge in [-0.1, -0.05) is 6.92 Å². The number of hydrogen-bond acceptors (Lipinski definition) is 2. The summed E-state index contributed by atoms with van der Waals surface area (Å²) in [5.74, 6) is 0.614. The van der Waals surface area contributed by atoms with E-state index in [0.29, 0.717) is 6.04 Å². The van der Waals surface area contributed by atoms with Crippen molar-refractivity contribution in [3.8, 4) is 0 Å². The molecule has 0 amide bonds. The number of anilines is 2. The van der Waals surface area contributed by atoms with Gasteiger partial charge in [0.1, 0.15) is 5.82 Å². The second-order valence-electron chi connectivity index (χ2n) is 5.03. The Bertz CT molecular complexity index is 430. The van der Waals surface area contributed by atoms with Gasteiger partial charge < -0.3 is 10.2 Å². The zero-order chi connectivity index (χ0) is 11.3. The van der Waals surface area contributed by atoms with Crippen molar-refractivity contribution in [2.24, 2.45) is 5.92 Å². The van der Waals surface area contributed by atoms with Gasteiger partial charge in [0, 0.05) is 19.1 Å². The standard InChI is InChI=1S/C13H17FN2/c1-8-3-4-16-12-5-9(2)10(14)6-11(12)15-7-13(8)16/h5-6,8,13,15H,3-4,7H2,1-2H3. The lowest BCUT2D eigenvalue weighted by Crippen LogP contribution is -2.41. The van der Waals surface area contributed by atoms with E-state index in [1.165, 1.54) is 12.1 Å². The molecule has 0 saturated carbocycles. The monoisotopic (exact) mass is 220 g/mol. The van der Waals surface area contributed by atoms with Gasteiger partial charge in [-0.05, 0) is 37.0 Å². The molecule has 1 N–H and O–H groups in total. The van der Waals surface area contributed by atoms with Crippen molar-refractivity contribution in [2.45, 2.75) is 26.3 Å². The average molecular weight is 220 g/mol. The minimum absolute atomic E-state index is 0.114. The van der Waals surface area contributed by atoms with Gasteiger partial charge in [0.05, 0.1) is 11.4 Å². The zero-order valence-corrected chi connectivity index (χ0v) is 9.76. The molecule has 3 rings (SSSR count). The first-order valence-electron chi connectivity index (χ1n) is 5.97. The Balaban J connectivity index is 2.06. The van der Waals surface area contributed by atoms with Crippen molar-refractivity contribution in [2.75, 3.05) is 23.3 Å². The van der Waals surface area contributed by atoms with Crippen LogP contribution in [0, 0.1) is 18.7 Å². The second kappa shape index (κ2) is 3.37. The molecule has 2 heterocycles. The summed E-state index contributed by atoms with van der Waals surface area (Å²) in [6.45, 7) is 6.18. The SMILES string of the molecule is Cc1cc2c(cc1F)NCC1C(C)CCN21. The number of nitrogens with zero attached hydrogens (tertiary/aromatic N) is 1. The number of halogens is 1. The Labute approximate surface area is 95.4 Å². The summed E-state index contributed by atoms with van der Waals surface area (Å²) >= 11 is 0. The molecule has 0 spiro atoms. The van der Waals surface area contributed by atoms with E-state index in [1.807, 2.05) is 13.0 Å². The number of hydrogen-bond donors (Lipinski definition) is 1. The molecule has 0 aromatic heterocycles. The summed E-state index contributed by atoms with van der Waals surface area (Å²) in [5, 5.41) is 3.35. The molecule has 1 aromatic rings. The smallest absolute Gasteiger partial charge is 0.128 e. The van der Waals surface area contributed by atoms with Crippen molar-refractivity contribution in [3.63, 3.8) is 0 Å². The van der Waals surface area contributed by atoms with Crippen molar-refractivity contribution < 1.29 is 4.39 Å². The first-order chi connectivity index (χ1) is 7.66. The summed E-state index contributed by atoms with van der Waals surface area (Å²) in [4.78, 5) is 2.43. The summed E-state index contributed by atoms with van der Waals surface area (Å²) in [6, 6.07) is 4.18. The normalized spacial score (nSPS) is 27.3. The first-order valence-corrected chi connectivity index (χ1v) is 5.97. The van der Waals surface area contributed by atoms with Crippen molar-refractivity contribution in [1.82, 2.24) is 0 Å². The molecule has 2 aliphatic heterocycles. The van der Waals surface area contributed by atoms with E-state index >= 15 is 0 Å². The first kappa shape index (κ1) is 9.94. The molecule has 3 heteroatoms. The highest BCUT2D eigenvalue weighted by molar-refractivity contribution is 5.74. The number of benzene rings is 1. The fourth-order valence-electron chi connectivity index (χ4n) is 2.88. The van der Waals surface area contributed by atoms with Crippen molar-refractivity contribution in [3.05, 3.63) is 23.5 Å². The van der Waals surface area contributed by atoms with E-state index < -0.39 is 0 Å². The van der Waals surface area contributed by atoms with Crippen LogP contribution in [0.4, 0.5) is 15.8 Å². The molecule has 0 aliphatic carbocycles. The van der Waals surface area contributed by atoms with E-state index in [4.69, 9.17) is 0 Å². The number of fused-ring (bicyclic) bond motifs is 3. The number of aryl methyl sites for hydroxylation is 1. The fraction of sp³-hybridized carbons (Fsp3) is 0.538. The molecular weight excluding hydrogens is 203 g/mol. The van der Waals surface area contributed by atoms with Crippen LogP contribution in [0.25, 0.3) is 0 Å². The minimum atomic E-state index is -0.114. The molecule has 16 heavy (non-hydrogen) atoms. The average Bonchev–Trinajstić information content (AvgIpc) is 2.63. The molecule has 0 bridgehead atoms. The zero-order valence-electron chi connectivity index (χ0n) is 9.76. The van der Waals surface area contributed by atoms with Crippen molar-refractivity contribution in [1.29, 1.82) is 0 Å².